The molecule has 0 unspecified atom stereocenters. The summed E-state index contributed by atoms with van der Waals surface area (Å²) in [5.74, 6) is 1.47. The number of nitrogens with zero attached hydrogens (tertiary/aromatic N) is 7. The molecule has 48 heavy (non-hydrogen) atoms. The molecule has 254 valence electrons. The second kappa shape index (κ2) is 12.8. The Morgan fingerprint density at radius 1 is 0.875 bits per heavy atom. The number of anilines is 1. The molecule has 3 aliphatic rings. The summed E-state index contributed by atoms with van der Waals surface area (Å²) in [5.41, 5.74) is 6.66. The van der Waals surface area contributed by atoms with Crippen LogP contribution in [0.5, 0.6) is 11.5 Å². The number of piperidine rings is 2. The third kappa shape index (κ3) is 6.36. The zero-order valence-electron chi connectivity index (χ0n) is 27.7. The van der Waals surface area contributed by atoms with Crippen molar-refractivity contribution < 1.29 is 18.7 Å². The van der Waals surface area contributed by atoms with Gasteiger partial charge >= 0.3 is 11.8 Å². The highest BCUT2D eigenvalue weighted by molar-refractivity contribution is 5.84. The van der Waals surface area contributed by atoms with Gasteiger partial charge in [-0.15, -0.1) is 0 Å². The largest absolute Gasteiger partial charge is 0.457 e. The molecule has 7 rings (SSSR count). The van der Waals surface area contributed by atoms with Crippen LogP contribution in [-0.2, 0) is 4.74 Å². The number of amides is 1. The van der Waals surface area contributed by atoms with Gasteiger partial charge in [-0.05, 0) is 76.4 Å². The number of rotatable bonds is 6. The van der Waals surface area contributed by atoms with E-state index in [0.717, 1.165) is 25.9 Å². The van der Waals surface area contributed by atoms with Crippen LogP contribution in [0.2, 0.25) is 0 Å². The van der Waals surface area contributed by atoms with Crippen molar-refractivity contribution in [3.63, 3.8) is 0 Å². The van der Waals surface area contributed by atoms with E-state index in [9.17, 15) is 9.59 Å². The molecule has 0 aliphatic carbocycles. The standard InChI is InChI=1S/C35H43FN8O4/c1-35(2,3)48-34(46)42-19-25(20-42)40-16-13-23(14-17-40)41-18-15-29(28(36)21-41)44-32-30(31(37)38-22-39-32)43(33(44)45)24-9-11-27(12-10-24)47-26-7-5-4-6-8-26/h4-12,22-23,25,28-29H,13-21H2,1-3H3,(H2,37,38,39)/t28-,29+/m0/s1. The van der Waals surface area contributed by atoms with Crippen LogP contribution in [0.15, 0.2) is 65.7 Å². The van der Waals surface area contributed by atoms with Crippen molar-refractivity contribution in [2.24, 2.45) is 0 Å². The molecule has 13 heteroatoms. The van der Waals surface area contributed by atoms with Crippen LogP contribution in [-0.4, -0.2) is 103 Å². The summed E-state index contributed by atoms with van der Waals surface area (Å²) in [4.78, 5) is 41.4. The van der Waals surface area contributed by atoms with Gasteiger partial charge in [-0.3, -0.25) is 18.9 Å². The van der Waals surface area contributed by atoms with E-state index in [1.54, 1.807) is 29.2 Å². The van der Waals surface area contributed by atoms with Crippen molar-refractivity contribution in [3.8, 4) is 17.2 Å². The van der Waals surface area contributed by atoms with E-state index in [1.165, 1.54) is 15.5 Å². The number of nitrogen functional groups attached to an aromatic ring is 1. The number of hydrogen-bond donors (Lipinski definition) is 1. The molecule has 2 aromatic heterocycles. The van der Waals surface area contributed by atoms with Gasteiger partial charge in [0.2, 0.25) is 0 Å². The lowest BCUT2D eigenvalue weighted by Gasteiger charge is -2.49. The predicted molar refractivity (Wildman–Crippen MR) is 180 cm³/mol. The number of benzene rings is 2. The number of carbonyl (C=O) groups excluding carboxylic acids is 1. The number of alkyl halides is 1. The molecular weight excluding hydrogens is 615 g/mol. The van der Waals surface area contributed by atoms with E-state index in [1.807, 2.05) is 51.1 Å². The lowest BCUT2D eigenvalue weighted by atomic mass is 9.95. The average molecular weight is 659 g/mol. The second-order valence-electron chi connectivity index (χ2n) is 14.0. The van der Waals surface area contributed by atoms with Crippen LogP contribution in [0.3, 0.4) is 0 Å². The summed E-state index contributed by atoms with van der Waals surface area (Å²) < 4.78 is 30.5. The number of carbonyl (C=O) groups is 1. The molecule has 2 atom stereocenters. The summed E-state index contributed by atoms with van der Waals surface area (Å²) >= 11 is 0. The summed E-state index contributed by atoms with van der Waals surface area (Å²) in [6, 6.07) is 16.5. The van der Waals surface area contributed by atoms with Gasteiger partial charge < -0.3 is 20.1 Å². The van der Waals surface area contributed by atoms with Crippen LogP contribution < -0.4 is 16.2 Å². The molecule has 12 nitrogen and oxygen atoms in total. The van der Waals surface area contributed by atoms with Gasteiger partial charge in [-0.1, -0.05) is 18.2 Å². The first-order valence-electron chi connectivity index (χ1n) is 16.7. The summed E-state index contributed by atoms with van der Waals surface area (Å²) in [7, 11) is 0. The molecule has 2 aromatic carbocycles. The van der Waals surface area contributed by atoms with Gasteiger partial charge in [-0.25, -0.2) is 23.9 Å². The normalized spacial score (nSPS) is 21.7. The molecule has 0 radical (unpaired) electrons. The topological polar surface area (TPSA) is 124 Å². The molecule has 4 aromatic rings. The maximum atomic E-state index is 16.2. The Bertz CT molecular complexity index is 1810. The third-order valence-electron chi connectivity index (χ3n) is 9.67. The lowest BCUT2D eigenvalue weighted by Crippen LogP contribution is -2.63. The van der Waals surface area contributed by atoms with Gasteiger partial charge in [0.05, 0.1) is 11.7 Å². The van der Waals surface area contributed by atoms with E-state index in [2.05, 4.69) is 19.8 Å². The highest BCUT2D eigenvalue weighted by Gasteiger charge is 2.41. The lowest BCUT2D eigenvalue weighted by molar-refractivity contribution is -0.0287. The van der Waals surface area contributed by atoms with E-state index in [0.29, 0.717) is 60.4 Å². The summed E-state index contributed by atoms with van der Waals surface area (Å²) in [5, 5.41) is 0. The van der Waals surface area contributed by atoms with Crippen molar-refractivity contribution in [3.05, 3.63) is 71.4 Å². The van der Waals surface area contributed by atoms with Crippen molar-refractivity contribution in [1.82, 2.24) is 33.8 Å². The Morgan fingerprint density at radius 2 is 1.54 bits per heavy atom. The van der Waals surface area contributed by atoms with E-state index in [-0.39, 0.29) is 24.5 Å². The Hall–Kier alpha value is -4.49. The molecule has 0 bridgehead atoms. The molecule has 2 N–H and O–H groups in total. The van der Waals surface area contributed by atoms with E-state index >= 15 is 4.39 Å². The number of likely N-dealkylation sites (tertiary alicyclic amines) is 3. The number of imidazole rings is 1. The predicted octanol–water partition coefficient (Wildman–Crippen LogP) is 4.63. The number of hydrogen-bond acceptors (Lipinski definition) is 9. The van der Waals surface area contributed by atoms with Gasteiger partial charge in [-0.2, -0.15) is 0 Å². The van der Waals surface area contributed by atoms with Crippen molar-refractivity contribution in [1.29, 1.82) is 0 Å². The molecule has 5 heterocycles. The van der Waals surface area contributed by atoms with Crippen LogP contribution in [0.4, 0.5) is 15.0 Å². The van der Waals surface area contributed by atoms with Crippen LogP contribution in [0.1, 0.15) is 46.1 Å². The van der Waals surface area contributed by atoms with Gasteiger partial charge in [0.1, 0.15) is 35.1 Å². The van der Waals surface area contributed by atoms with Crippen LogP contribution >= 0.6 is 0 Å². The fourth-order valence-electron chi connectivity index (χ4n) is 7.21. The van der Waals surface area contributed by atoms with Crippen LogP contribution in [0, 0.1) is 0 Å². The number of halogens is 1. The molecule has 3 aliphatic heterocycles. The number of para-hydroxylation sites is 1. The smallest absolute Gasteiger partial charge is 0.410 e. The first-order chi connectivity index (χ1) is 23.1. The highest BCUT2D eigenvalue weighted by atomic mass is 19.1. The number of nitrogens with two attached hydrogens (primary N) is 1. The Labute approximate surface area is 278 Å². The van der Waals surface area contributed by atoms with E-state index in [4.69, 9.17) is 15.2 Å². The average Bonchev–Trinajstić information content (AvgIpc) is 3.33. The molecule has 0 saturated carbocycles. The zero-order chi connectivity index (χ0) is 33.6. The fraction of sp³-hybridized carbons (Fsp3) is 0.486. The van der Waals surface area contributed by atoms with Gasteiger partial charge in [0.15, 0.2) is 11.5 Å². The first kappa shape index (κ1) is 32.1. The minimum Gasteiger partial charge on any atom is -0.457 e. The number of fused-ring (bicyclic) bond motifs is 1. The second-order valence-corrected chi connectivity index (χ2v) is 14.0. The fourth-order valence-corrected chi connectivity index (χ4v) is 7.21. The van der Waals surface area contributed by atoms with Crippen LogP contribution in [0.25, 0.3) is 16.9 Å². The monoisotopic (exact) mass is 658 g/mol. The number of aromatic nitrogens is 4. The summed E-state index contributed by atoms with van der Waals surface area (Å²) in [6.07, 6.45) is 2.15. The maximum absolute atomic E-state index is 16.2. The third-order valence-corrected chi connectivity index (χ3v) is 9.67. The highest BCUT2D eigenvalue weighted by Crippen LogP contribution is 2.33. The maximum Gasteiger partial charge on any atom is 0.410 e. The Morgan fingerprint density at radius 3 is 2.21 bits per heavy atom. The van der Waals surface area contributed by atoms with Crippen molar-refractivity contribution in [2.45, 2.75) is 69.9 Å². The van der Waals surface area contributed by atoms with Crippen molar-refractivity contribution in [2.75, 3.05) is 45.0 Å². The molecule has 0 spiro atoms. The minimum atomic E-state index is -1.26. The molecule has 1 amide bonds. The SMILES string of the molecule is CC(C)(C)OC(=O)N1CC(N2CCC(N3CC[C@@H](n4c(=O)n(-c5ccc(Oc6ccccc6)cc5)c5c(N)ncnc54)[C@@H](F)C3)CC2)C1. The Balaban J connectivity index is 1.01. The molecular formula is C35H43FN8O4. The van der Waals surface area contributed by atoms with E-state index < -0.39 is 23.5 Å². The zero-order valence-corrected chi connectivity index (χ0v) is 27.7. The molecule has 3 saturated heterocycles. The van der Waals surface area contributed by atoms with Gasteiger partial charge in [0.25, 0.3) is 0 Å². The Kier molecular flexibility index (Phi) is 8.58. The first-order valence-corrected chi connectivity index (χ1v) is 16.7. The van der Waals surface area contributed by atoms with Crippen molar-refractivity contribution >= 4 is 23.1 Å². The summed E-state index contributed by atoms with van der Waals surface area (Å²) in [6.45, 7) is 9.73. The quantitative estimate of drug-likeness (QED) is 0.316. The van der Waals surface area contributed by atoms with Gasteiger partial charge in [0, 0.05) is 51.4 Å². The molecule has 3 fully saturated rings. The number of ether oxygens (including phenoxy) is 2. The minimum absolute atomic E-state index is 0.153.